The number of hydrogen-bond donors (Lipinski definition) is 0. The van der Waals surface area contributed by atoms with Crippen LogP contribution < -0.4 is 0 Å². The second kappa shape index (κ2) is 26.6. The van der Waals surface area contributed by atoms with Crippen LogP contribution in [0.2, 0.25) is 5.28 Å². The van der Waals surface area contributed by atoms with Gasteiger partial charge in [-0.1, -0.05) is 200 Å². The molecule has 4 aromatic carbocycles. The normalized spacial score (nSPS) is 12.2. The van der Waals surface area contributed by atoms with Gasteiger partial charge in [0, 0.05) is 50.8 Å². The zero-order valence-corrected chi connectivity index (χ0v) is 41.6. The van der Waals surface area contributed by atoms with Gasteiger partial charge in [-0.2, -0.15) is 0 Å². The zero-order chi connectivity index (χ0) is 39.7. The van der Waals surface area contributed by atoms with Crippen LogP contribution >= 0.6 is 0 Å². The molecule has 1 aromatic heterocycles. The van der Waals surface area contributed by atoms with Gasteiger partial charge in [-0.15, -0.1) is 11.6 Å². The van der Waals surface area contributed by atoms with E-state index in [9.17, 15) is 0 Å². The Morgan fingerprint density at radius 1 is 0.690 bits per heavy atom. The number of aryl methyl sites for hydroxylation is 2. The first kappa shape index (κ1) is 49.8. The summed E-state index contributed by atoms with van der Waals surface area (Å²) < 4.78 is 11.4. The van der Waals surface area contributed by atoms with Crippen molar-refractivity contribution >= 4 is 31.3 Å². The summed E-state index contributed by atoms with van der Waals surface area (Å²) in [6, 6.07) is 35.4. The molecule has 4 nitrogen and oxygen atoms in total. The van der Waals surface area contributed by atoms with Crippen LogP contribution in [0.1, 0.15) is 150 Å². The van der Waals surface area contributed by atoms with Crippen molar-refractivity contribution in [3.05, 3.63) is 150 Å². The first-order chi connectivity index (χ1) is 27.4. The fraction of sp³-hybridized carbons (Fsp3) is 0.442. The van der Waals surface area contributed by atoms with Crippen LogP contribution in [0.4, 0.5) is 5.69 Å². The van der Waals surface area contributed by atoms with E-state index in [2.05, 4.69) is 132 Å². The average molecular weight is 961 g/mol. The minimum Gasteiger partial charge on any atom is -0.673 e. The number of hydrogen-bond acceptors (Lipinski definition) is 3. The van der Waals surface area contributed by atoms with E-state index < -0.39 is 14.8 Å². The van der Waals surface area contributed by atoms with Gasteiger partial charge in [0.25, 0.3) is 0 Å². The molecule has 58 heavy (non-hydrogen) atoms. The predicted octanol–water partition coefficient (Wildman–Crippen LogP) is 15.4. The molecule has 6 heteroatoms. The van der Waals surface area contributed by atoms with Crippen LogP contribution in [-0.2, 0) is 46.3 Å². The molecule has 0 amide bonds. The zero-order valence-electron chi connectivity index (χ0n) is 36.9. The van der Waals surface area contributed by atoms with Crippen molar-refractivity contribution in [3.63, 3.8) is 0 Å². The quantitative estimate of drug-likeness (QED) is 0.0352. The Morgan fingerprint density at radius 3 is 2.05 bits per heavy atom. The molecule has 1 heterocycles. The first-order valence-electron chi connectivity index (χ1n) is 21.8. The molecule has 0 aliphatic heterocycles. The molecule has 0 fully saturated rings. The molecule has 5 rings (SSSR count). The van der Waals surface area contributed by atoms with Crippen molar-refractivity contribution in [2.45, 2.75) is 135 Å². The minimum atomic E-state index is -1.40. The summed E-state index contributed by atoms with van der Waals surface area (Å²) in [4.78, 5) is 5.60. The van der Waals surface area contributed by atoms with Crippen molar-refractivity contribution in [2.24, 2.45) is 0 Å². The van der Waals surface area contributed by atoms with E-state index in [1.165, 1.54) is 82.7 Å². The van der Waals surface area contributed by atoms with Gasteiger partial charge in [0.15, 0.2) is 0 Å². The largest absolute Gasteiger partial charge is 0.674 e. The van der Waals surface area contributed by atoms with Crippen molar-refractivity contribution < 1.29 is 33.4 Å². The van der Waals surface area contributed by atoms with E-state index in [-0.39, 0.29) is 45.2 Å². The standard InChI is InChI=1S/C48H59N2O.C2H5.CH3O.CH3.Al.Hf/c1-6-21-37-24-15-17-28-43(37)48(50-47-39(22-7-2)26-19-29-40(47)35(3)4)45-31-20-30-44(49-45)46-41(33-32-38-25-14-16-27-42(38)46)36(5)23-13-11-9-8-10-12-18-34-51;2*1-2;;;/h14-17,19-20,24-33,35-36,48H,5-13,18,21-23,34H2,1-4H3;1H2,2H3;1H3;1H3;;/q-3;;2*-1;+2;. The van der Waals surface area contributed by atoms with Gasteiger partial charge in [-0.05, 0) is 65.0 Å². The molecule has 0 saturated carbocycles. The van der Waals surface area contributed by atoms with Crippen LogP contribution in [0.5, 0.6) is 0 Å². The van der Waals surface area contributed by atoms with Crippen molar-refractivity contribution in [1.82, 2.24) is 4.98 Å². The third-order valence-electron chi connectivity index (χ3n) is 11.2. The molecule has 2 unspecified atom stereocenters. The van der Waals surface area contributed by atoms with Crippen LogP contribution in [0.25, 0.3) is 27.3 Å². The SMILES string of the molecule is [CH2-]C(CCCCCCCCC[O][Al]([CH2]C)[O]C)c1ccc2ccccc2c1-c1cccc(C([N-]c2c(CCC)cccc2C(C)C)c2ccccc2CCC)n1.[CH3-].[Hf]. The van der Waals surface area contributed by atoms with Crippen LogP contribution in [-0.4, -0.2) is 33.5 Å². The molecule has 2 atom stereocenters. The number of fused-ring (bicyclic) bond motifs is 1. The molecule has 310 valence electrons. The Hall–Kier alpha value is -2.59. The van der Waals surface area contributed by atoms with Crippen LogP contribution in [0, 0.1) is 14.4 Å². The Kier molecular flexibility index (Phi) is 22.8. The van der Waals surface area contributed by atoms with E-state index in [0.717, 1.165) is 67.5 Å². The third-order valence-corrected chi connectivity index (χ3v) is 13.0. The summed E-state index contributed by atoms with van der Waals surface area (Å²) in [5, 5.41) is 9.25. The van der Waals surface area contributed by atoms with Gasteiger partial charge in [-0.3, -0.25) is 4.98 Å². The topological polar surface area (TPSA) is 45.5 Å². The maximum Gasteiger partial charge on any atom is 0.674 e. The second-order valence-electron chi connectivity index (χ2n) is 15.8. The molecule has 0 N–H and O–H groups in total. The summed E-state index contributed by atoms with van der Waals surface area (Å²) >= 11 is -1.40. The van der Waals surface area contributed by atoms with Gasteiger partial charge >= 0.3 is 14.8 Å². The summed E-state index contributed by atoms with van der Waals surface area (Å²) in [5.41, 5.74) is 10.9. The van der Waals surface area contributed by atoms with Crippen molar-refractivity contribution in [2.75, 3.05) is 13.7 Å². The Bertz CT molecular complexity index is 1930. The van der Waals surface area contributed by atoms with Crippen molar-refractivity contribution in [3.8, 4) is 11.3 Å². The molecule has 0 aliphatic carbocycles. The molecule has 5 aromatic rings. The molecule has 0 spiro atoms. The molecular formula is C52H70AlHfN2O2-3. The Morgan fingerprint density at radius 2 is 1.33 bits per heavy atom. The molecule has 0 saturated heterocycles. The average Bonchev–Trinajstić information content (AvgIpc) is 3.22. The maximum absolute atomic E-state index is 5.92. The molecule has 0 radical (unpaired) electrons. The maximum atomic E-state index is 5.92. The van der Waals surface area contributed by atoms with Crippen molar-refractivity contribution in [1.29, 1.82) is 0 Å². The number of rotatable bonds is 24. The Balaban J connectivity index is 0.00000450. The predicted molar refractivity (Wildman–Crippen MR) is 248 cm³/mol. The molecule has 0 bridgehead atoms. The minimum absolute atomic E-state index is 0. The van der Waals surface area contributed by atoms with E-state index in [1.54, 1.807) is 7.11 Å². The van der Waals surface area contributed by atoms with E-state index in [0.29, 0.717) is 5.92 Å². The van der Waals surface area contributed by atoms with Crippen LogP contribution in [0.3, 0.4) is 0 Å². The molecule has 0 aliphatic rings. The van der Waals surface area contributed by atoms with Gasteiger partial charge in [0.05, 0.1) is 5.69 Å². The van der Waals surface area contributed by atoms with Gasteiger partial charge in [0.1, 0.15) is 0 Å². The Labute approximate surface area is 377 Å². The summed E-state index contributed by atoms with van der Waals surface area (Å²) in [7, 11) is 1.78. The smallest absolute Gasteiger partial charge is 0.673 e. The first-order valence-corrected chi connectivity index (χ1v) is 23.5. The number of benzene rings is 4. The van der Waals surface area contributed by atoms with E-state index >= 15 is 0 Å². The summed E-state index contributed by atoms with van der Waals surface area (Å²) in [6.07, 6.45) is 13.9. The fourth-order valence-corrected chi connectivity index (χ4v) is 9.32. The number of unbranched alkanes of at least 4 members (excludes halogenated alkanes) is 6. The third kappa shape index (κ3) is 13.7. The number of para-hydroxylation sites is 1. The number of aromatic nitrogens is 1. The molecular weight excluding hydrogens is 890 g/mol. The second-order valence-corrected chi connectivity index (χ2v) is 18.3. The van der Waals surface area contributed by atoms with E-state index in [4.69, 9.17) is 24.8 Å². The number of pyridine rings is 1. The summed E-state index contributed by atoms with van der Waals surface area (Å²) in [5.74, 6) is 0.541. The summed E-state index contributed by atoms with van der Waals surface area (Å²) in [6.45, 7) is 16.9. The van der Waals surface area contributed by atoms with E-state index in [1.807, 2.05) is 0 Å². The van der Waals surface area contributed by atoms with Gasteiger partial charge in [-0.25, -0.2) is 0 Å². The fourth-order valence-electron chi connectivity index (χ4n) is 8.18. The monoisotopic (exact) mass is 961 g/mol. The number of nitrogens with zero attached hydrogens (tertiary/aromatic N) is 2. The van der Waals surface area contributed by atoms with Gasteiger partial charge < -0.3 is 27.2 Å². The van der Waals surface area contributed by atoms with Crippen LogP contribution in [0.15, 0.2) is 97.1 Å². The van der Waals surface area contributed by atoms with Gasteiger partial charge in [0.2, 0.25) is 0 Å².